The first kappa shape index (κ1) is 17.1. The van der Waals surface area contributed by atoms with E-state index in [0.717, 1.165) is 12.6 Å². The van der Waals surface area contributed by atoms with Gasteiger partial charge in [0.1, 0.15) is 18.7 Å². The number of aldehydes is 2. The largest absolute Gasteiger partial charge is 0.462 e. The molecular weight excluding hydrogens is 284 g/mol. The molecule has 5 nitrogen and oxygen atoms in total. The molecule has 5 heteroatoms. The van der Waals surface area contributed by atoms with Gasteiger partial charge in [-0.15, -0.1) is 0 Å². The summed E-state index contributed by atoms with van der Waals surface area (Å²) in [7, 11) is 0. The minimum Gasteiger partial charge on any atom is -0.462 e. The molecule has 6 atom stereocenters. The third-order valence-corrected chi connectivity index (χ3v) is 5.87. The van der Waals surface area contributed by atoms with E-state index in [2.05, 4.69) is 0 Å². The van der Waals surface area contributed by atoms with Crippen LogP contribution in [0.25, 0.3) is 0 Å². The summed E-state index contributed by atoms with van der Waals surface area (Å²) >= 11 is 0. The molecule has 2 aliphatic rings. The van der Waals surface area contributed by atoms with E-state index in [1.807, 2.05) is 20.8 Å². The molecule has 2 aliphatic carbocycles. The van der Waals surface area contributed by atoms with Crippen LogP contribution in [0.1, 0.15) is 47.5 Å². The number of ether oxygens (including phenoxy) is 1. The van der Waals surface area contributed by atoms with Crippen LogP contribution in [0.15, 0.2) is 0 Å². The van der Waals surface area contributed by atoms with Gasteiger partial charge < -0.3 is 19.4 Å². The molecule has 124 valence electrons. The van der Waals surface area contributed by atoms with Crippen LogP contribution < -0.4 is 0 Å². The van der Waals surface area contributed by atoms with Crippen molar-refractivity contribution in [2.75, 3.05) is 0 Å². The Kier molecular flexibility index (Phi) is 4.01. The fourth-order valence-electron chi connectivity index (χ4n) is 5.31. The molecule has 2 saturated carbocycles. The molecule has 0 unspecified atom stereocenters. The van der Waals surface area contributed by atoms with Crippen LogP contribution in [0.2, 0.25) is 0 Å². The average molecular weight is 310 g/mol. The van der Waals surface area contributed by atoms with Crippen molar-refractivity contribution in [2.45, 2.75) is 59.2 Å². The lowest BCUT2D eigenvalue weighted by atomic mass is 9.56. The molecular formula is C17H26O5. The zero-order chi connectivity index (χ0) is 16.9. The third kappa shape index (κ3) is 2.13. The van der Waals surface area contributed by atoms with Crippen LogP contribution in [0.4, 0.5) is 0 Å². The molecule has 0 saturated heterocycles. The van der Waals surface area contributed by atoms with Crippen molar-refractivity contribution in [2.24, 2.45) is 28.6 Å². The second-order valence-corrected chi connectivity index (χ2v) is 8.03. The van der Waals surface area contributed by atoms with Gasteiger partial charge in [-0.25, -0.2) is 0 Å². The summed E-state index contributed by atoms with van der Waals surface area (Å²) < 4.78 is 5.48. The van der Waals surface area contributed by atoms with Gasteiger partial charge in [0.05, 0.1) is 11.0 Å². The molecule has 0 amide bonds. The van der Waals surface area contributed by atoms with E-state index in [0.29, 0.717) is 12.8 Å². The molecule has 0 aromatic carbocycles. The maximum Gasteiger partial charge on any atom is 0.302 e. The van der Waals surface area contributed by atoms with Gasteiger partial charge >= 0.3 is 5.97 Å². The smallest absolute Gasteiger partial charge is 0.302 e. The zero-order valence-corrected chi connectivity index (χ0v) is 14.0. The summed E-state index contributed by atoms with van der Waals surface area (Å²) in [5, 5.41) is 11.5. The number of esters is 1. The average Bonchev–Trinajstić information content (AvgIpc) is 2.52. The normalized spacial score (nSPS) is 46.6. The Morgan fingerprint density at radius 1 is 1.27 bits per heavy atom. The van der Waals surface area contributed by atoms with E-state index in [1.54, 1.807) is 6.92 Å². The van der Waals surface area contributed by atoms with Crippen molar-refractivity contribution in [1.29, 1.82) is 0 Å². The van der Waals surface area contributed by atoms with Crippen molar-refractivity contribution in [3.05, 3.63) is 0 Å². The van der Waals surface area contributed by atoms with Crippen LogP contribution in [0.3, 0.4) is 0 Å². The Labute approximate surface area is 131 Å². The van der Waals surface area contributed by atoms with Gasteiger partial charge in [-0.1, -0.05) is 27.7 Å². The number of rotatable bonds is 3. The molecule has 0 bridgehead atoms. The second kappa shape index (κ2) is 5.15. The first-order valence-corrected chi connectivity index (χ1v) is 7.84. The molecule has 0 aromatic heterocycles. The number of carbonyl (C=O) groups is 3. The highest BCUT2D eigenvalue weighted by atomic mass is 16.5. The molecule has 1 N–H and O–H groups in total. The van der Waals surface area contributed by atoms with Gasteiger partial charge in [0.25, 0.3) is 0 Å². The van der Waals surface area contributed by atoms with Gasteiger partial charge in [-0.3, -0.25) is 4.79 Å². The van der Waals surface area contributed by atoms with Crippen molar-refractivity contribution in [3.8, 4) is 0 Å². The van der Waals surface area contributed by atoms with Gasteiger partial charge in [0.2, 0.25) is 0 Å². The lowest BCUT2D eigenvalue weighted by molar-refractivity contribution is -0.204. The van der Waals surface area contributed by atoms with E-state index in [9.17, 15) is 19.5 Å². The van der Waals surface area contributed by atoms with E-state index < -0.39 is 40.3 Å². The summed E-state index contributed by atoms with van der Waals surface area (Å²) in [6.07, 6.45) is 2.04. The topological polar surface area (TPSA) is 80.7 Å². The van der Waals surface area contributed by atoms with E-state index in [1.165, 1.54) is 6.92 Å². The zero-order valence-electron chi connectivity index (χ0n) is 14.0. The second-order valence-electron chi connectivity index (χ2n) is 8.03. The predicted molar refractivity (Wildman–Crippen MR) is 79.9 cm³/mol. The Bertz CT molecular complexity index is 499. The number of hydrogen-bond acceptors (Lipinski definition) is 5. The standard InChI is InChI=1S/C17H26O5/c1-10-6-13(22-11(2)20)14-15(3,4)8-16(5,9-19)17(14,21)12(10)7-18/h7,9-10,12-14,21H,6,8H2,1-5H3/t10-,12+,13+,14+,16+,17+/m1/s1. The van der Waals surface area contributed by atoms with Crippen molar-refractivity contribution >= 4 is 18.5 Å². The van der Waals surface area contributed by atoms with Crippen LogP contribution in [0.5, 0.6) is 0 Å². The summed E-state index contributed by atoms with van der Waals surface area (Å²) in [6.45, 7) is 8.84. The highest BCUT2D eigenvalue weighted by Gasteiger charge is 2.72. The maximum atomic E-state index is 11.8. The van der Waals surface area contributed by atoms with Crippen LogP contribution >= 0.6 is 0 Å². The van der Waals surface area contributed by atoms with Crippen LogP contribution in [-0.4, -0.2) is 35.4 Å². The number of aliphatic hydroxyl groups is 1. The van der Waals surface area contributed by atoms with Crippen molar-refractivity contribution in [1.82, 2.24) is 0 Å². The molecule has 0 spiro atoms. The molecule has 0 heterocycles. The first-order chi connectivity index (χ1) is 10.0. The molecule has 0 aromatic rings. The van der Waals surface area contributed by atoms with Gasteiger partial charge in [0.15, 0.2) is 0 Å². The summed E-state index contributed by atoms with van der Waals surface area (Å²) in [4.78, 5) is 34.9. The Morgan fingerprint density at radius 2 is 1.86 bits per heavy atom. The van der Waals surface area contributed by atoms with E-state index in [-0.39, 0.29) is 5.92 Å². The van der Waals surface area contributed by atoms with E-state index in [4.69, 9.17) is 4.74 Å². The monoisotopic (exact) mass is 310 g/mol. The molecule has 0 radical (unpaired) electrons. The molecule has 2 rings (SSSR count). The maximum absolute atomic E-state index is 11.8. The fourth-order valence-corrected chi connectivity index (χ4v) is 5.31. The number of fused-ring (bicyclic) bond motifs is 1. The van der Waals surface area contributed by atoms with Crippen molar-refractivity contribution in [3.63, 3.8) is 0 Å². The van der Waals surface area contributed by atoms with Crippen molar-refractivity contribution < 1.29 is 24.2 Å². The quantitative estimate of drug-likeness (QED) is 0.634. The number of hydrogen-bond donors (Lipinski definition) is 1. The Morgan fingerprint density at radius 3 is 2.32 bits per heavy atom. The van der Waals surface area contributed by atoms with Crippen LogP contribution in [-0.2, 0) is 19.1 Å². The predicted octanol–water partition coefficient (Wildman–Crippen LogP) is 1.76. The lowest BCUT2D eigenvalue weighted by Crippen LogP contribution is -2.63. The van der Waals surface area contributed by atoms with Crippen LogP contribution in [0, 0.1) is 28.6 Å². The minimum absolute atomic E-state index is 0.156. The first-order valence-electron chi connectivity index (χ1n) is 7.84. The molecule has 2 fully saturated rings. The Hall–Kier alpha value is -1.23. The summed E-state index contributed by atoms with van der Waals surface area (Å²) in [5.74, 6) is -1.64. The highest BCUT2D eigenvalue weighted by Crippen LogP contribution is 2.65. The Balaban J connectivity index is 2.61. The minimum atomic E-state index is -1.49. The fraction of sp³-hybridized carbons (Fsp3) is 0.824. The van der Waals surface area contributed by atoms with Gasteiger partial charge in [0, 0.05) is 18.8 Å². The lowest BCUT2D eigenvalue weighted by Gasteiger charge is -2.53. The summed E-state index contributed by atoms with van der Waals surface area (Å²) in [6, 6.07) is 0. The van der Waals surface area contributed by atoms with E-state index >= 15 is 0 Å². The molecule has 22 heavy (non-hydrogen) atoms. The summed E-state index contributed by atoms with van der Waals surface area (Å²) in [5.41, 5.74) is -2.93. The molecule has 0 aliphatic heterocycles. The number of carbonyl (C=O) groups excluding carboxylic acids is 3. The van der Waals surface area contributed by atoms with Gasteiger partial charge in [-0.2, -0.15) is 0 Å². The third-order valence-electron chi connectivity index (χ3n) is 5.87. The SMILES string of the molecule is CC(=O)O[C@H]1C[C@@H](C)[C@H](C=O)[C@]2(O)[C@@H]1C(C)(C)C[C@@]2(C)C=O. The van der Waals surface area contributed by atoms with Gasteiger partial charge in [-0.05, 0) is 24.2 Å². The highest BCUT2D eigenvalue weighted by molar-refractivity contribution is 5.69.